The molecule has 180 valence electrons. The molecule has 1 amide bonds. The van der Waals surface area contributed by atoms with Crippen molar-refractivity contribution in [3.8, 4) is 0 Å². The molecule has 0 unspecified atom stereocenters. The minimum absolute atomic E-state index is 0.0386. The van der Waals surface area contributed by atoms with Crippen LogP contribution in [0.1, 0.15) is 61.6 Å². The molecule has 0 aliphatic carbocycles. The van der Waals surface area contributed by atoms with E-state index in [2.05, 4.69) is 35.8 Å². The highest BCUT2D eigenvalue weighted by molar-refractivity contribution is 7.10. The van der Waals surface area contributed by atoms with E-state index < -0.39 is 12.1 Å². The van der Waals surface area contributed by atoms with Crippen LogP contribution in [0.4, 0.5) is 0 Å². The van der Waals surface area contributed by atoms with Gasteiger partial charge in [-0.15, -0.1) is 11.3 Å². The third-order valence-electron chi connectivity index (χ3n) is 6.34. The van der Waals surface area contributed by atoms with Gasteiger partial charge >= 0.3 is 5.97 Å². The molecule has 2 aromatic rings. The van der Waals surface area contributed by atoms with Gasteiger partial charge in [0, 0.05) is 11.4 Å². The van der Waals surface area contributed by atoms with Crippen molar-refractivity contribution >= 4 is 23.2 Å². The number of amides is 1. The van der Waals surface area contributed by atoms with Crippen LogP contribution in [0.25, 0.3) is 0 Å². The van der Waals surface area contributed by atoms with Gasteiger partial charge in [-0.3, -0.25) is 14.9 Å². The van der Waals surface area contributed by atoms with Crippen LogP contribution in [0.5, 0.6) is 0 Å². The molecule has 1 aliphatic heterocycles. The van der Waals surface area contributed by atoms with Crippen LogP contribution >= 0.6 is 11.3 Å². The van der Waals surface area contributed by atoms with Crippen molar-refractivity contribution in [3.63, 3.8) is 0 Å². The molecule has 0 fully saturated rings. The number of fused-ring (bicyclic) bond motifs is 1. The quantitative estimate of drug-likeness (QED) is 0.363. The molecule has 1 aromatic carbocycles. The highest BCUT2D eigenvalue weighted by atomic mass is 32.1. The van der Waals surface area contributed by atoms with Crippen molar-refractivity contribution in [1.29, 1.82) is 0 Å². The molecular formula is C26H37N3O3S. The summed E-state index contributed by atoms with van der Waals surface area (Å²) in [6, 6.07) is 11.3. The zero-order valence-corrected chi connectivity index (χ0v) is 20.6. The largest absolute Gasteiger partial charge is 0.465 e. The van der Waals surface area contributed by atoms with Crippen molar-refractivity contribution in [2.45, 2.75) is 70.5 Å². The van der Waals surface area contributed by atoms with Gasteiger partial charge in [-0.2, -0.15) is 0 Å². The number of nitrogens with one attached hydrogen (secondary N) is 1. The van der Waals surface area contributed by atoms with E-state index in [4.69, 9.17) is 10.5 Å². The van der Waals surface area contributed by atoms with Crippen LogP contribution in [0.15, 0.2) is 41.8 Å². The maximum Gasteiger partial charge on any atom is 0.323 e. The van der Waals surface area contributed by atoms with Crippen LogP contribution in [0.2, 0.25) is 0 Å². The van der Waals surface area contributed by atoms with Gasteiger partial charge in [0.25, 0.3) is 0 Å². The first kappa shape index (κ1) is 25.4. The second-order valence-electron chi connectivity index (χ2n) is 8.59. The Kier molecular flexibility index (Phi) is 9.91. The first-order chi connectivity index (χ1) is 16.0. The first-order valence-electron chi connectivity index (χ1n) is 12.1. The van der Waals surface area contributed by atoms with Gasteiger partial charge in [-0.25, -0.2) is 0 Å². The topological polar surface area (TPSA) is 84.7 Å². The van der Waals surface area contributed by atoms with E-state index in [-0.39, 0.29) is 17.9 Å². The maximum atomic E-state index is 13.7. The molecule has 0 spiro atoms. The fraction of sp³-hybridized carbons (Fsp3) is 0.538. The number of hydrogen-bond donors (Lipinski definition) is 2. The average molecular weight is 472 g/mol. The molecule has 33 heavy (non-hydrogen) atoms. The smallest absolute Gasteiger partial charge is 0.323 e. The molecule has 7 heteroatoms. The van der Waals surface area contributed by atoms with Gasteiger partial charge < -0.3 is 15.4 Å². The Morgan fingerprint density at radius 3 is 2.70 bits per heavy atom. The zero-order valence-electron chi connectivity index (χ0n) is 19.8. The molecule has 2 heterocycles. The van der Waals surface area contributed by atoms with E-state index >= 15 is 0 Å². The minimum atomic E-state index is -0.534. The fourth-order valence-electron chi connectivity index (χ4n) is 4.49. The van der Waals surface area contributed by atoms with E-state index in [1.807, 2.05) is 30.0 Å². The Labute approximate surface area is 201 Å². The molecule has 0 radical (unpaired) electrons. The summed E-state index contributed by atoms with van der Waals surface area (Å²) in [6.07, 6.45) is 4.53. The van der Waals surface area contributed by atoms with Crippen LogP contribution in [0.3, 0.4) is 0 Å². The normalized spacial score (nSPS) is 17.3. The number of nitrogens with zero attached hydrogens (tertiary/aromatic N) is 1. The van der Waals surface area contributed by atoms with Crippen molar-refractivity contribution in [1.82, 2.24) is 10.2 Å². The van der Waals surface area contributed by atoms with Gasteiger partial charge in [0.2, 0.25) is 5.91 Å². The highest BCUT2D eigenvalue weighted by Gasteiger charge is 2.34. The van der Waals surface area contributed by atoms with E-state index in [1.54, 1.807) is 11.3 Å². The minimum Gasteiger partial charge on any atom is -0.465 e. The number of esters is 1. The Morgan fingerprint density at radius 2 is 1.97 bits per heavy atom. The predicted molar refractivity (Wildman–Crippen MR) is 133 cm³/mol. The molecule has 3 rings (SSSR count). The standard InChI is InChI=1S/C26H37N3O3S/c1-3-32-26(31)23(13-12-20-9-5-4-6-10-20)28-22(11-7-8-16-27)25(30)29-17-14-24-21(19(29)2)15-18-33-24/h4-6,9-10,15,18-19,22-23,28H,3,7-8,11-14,16-17,27H2,1-2H3/t19-,22-,23-/m0/s1. The third kappa shape index (κ3) is 6.88. The molecule has 0 saturated carbocycles. The number of thiophene rings is 1. The fourth-order valence-corrected chi connectivity index (χ4v) is 5.45. The molecule has 0 saturated heterocycles. The summed E-state index contributed by atoms with van der Waals surface area (Å²) < 4.78 is 5.36. The number of benzene rings is 1. The van der Waals surface area contributed by atoms with Crippen molar-refractivity contribution in [2.24, 2.45) is 5.73 Å². The average Bonchev–Trinajstić information content (AvgIpc) is 3.31. The lowest BCUT2D eigenvalue weighted by Gasteiger charge is -2.37. The molecule has 1 aromatic heterocycles. The van der Waals surface area contributed by atoms with Crippen LogP contribution in [-0.2, 0) is 27.2 Å². The number of ether oxygens (including phenoxy) is 1. The van der Waals surface area contributed by atoms with Crippen molar-refractivity contribution in [2.75, 3.05) is 19.7 Å². The monoisotopic (exact) mass is 471 g/mol. The summed E-state index contributed by atoms with van der Waals surface area (Å²) in [5.41, 5.74) is 8.11. The summed E-state index contributed by atoms with van der Waals surface area (Å²) in [5.74, 6) is -0.234. The van der Waals surface area contributed by atoms with Gasteiger partial charge in [0.05, 0.1) is 18.7 Å². The Morgan fingerprint density at radius 1 is 1.18 bits per heavy atom. The van der Waals surface area contributed by atoms with Gasteiger partial charge in [0.1, 0.15) is 6.04 Å². The lowest BCUT2D eigenvalue weighted by Crippen LogP contribution is -2.54. The zero-order chi connectivity index (χ0) is 23.6. The van der Waals surface area contributed by atoms with E-state index in [1.165, 1.54) is 10.4 Å². The Bertz CT molecular complexity index is 886. The van der Waals surface area contributed by atoms with E-state index in [0.717, 1.165) is 31.2 Å². The molecular weight excluding hydrogens is 434 g/mol. The number of unbranched alkanes of at least 4 members (excludes halogenated alkanes) is 1. The van der Waals surface area contributed by atoms with E-state index in [0.29, 0.717) is 32.5 Å². The lowest BCUT2D eigenvalue weighted by molar-refractivity contribution is -0.146. The lowest BCUT2D eigenvalue weighted by atomic mass is 9.98. The van der Waals surface area contributed by atoms with Gasteiger partial charge in [0.15, 0.2) is 0 Å². The summed E-state index contributed by atoms with van der Waals surface area (Å²) in [5, 5.41) is 5.50. The van der Waals surface area contributed by atoms with Gasteiger partial charge in [-0.05, 0) is 75.1 Å². The first-order valence-corrected chi connectivity index (χ1v) is 13.0. The number of carbonyl (C=O) groups is 2. The SMILES string of the molecule is CCOC(=O)[C@H](CCc1ccccc1)N[C@@H](CCCCN)C(=O)N1CCc2sccc2[C@@H]1C. The van der Waals surface area contributed by atoms with Crippen molar-refractivity contribution < 1.29 is 14.3 Å². The summed E-state index contributed by atoms with van der Waals surface area (Å²) >= 11 is 1.76. The predicted octanol–water partition coefficient (Wildman–Crippen LogP) is 3.85. The number of hydrogen-bond acceptors (Lipinski definition) is 6. The van der Waals surface area contributed by atoms with Crippen LogP contribution in [0, 0.1) is 0 Å². The van der Waals surface area contributed by atoms with Crippen LogP contribution in [-0.4, -0.2) is 48.6 Å². The van der Waals surface area contributed by atoms with Crippen LogP contribution < -0.4 is 11.1 Å². The van der Waals surface area contributed by atoms with Crippen molar-refractivity contribution in [3.05, 3.63) is 57.8 Å². The molecule has 6 nitrogen and oxygen atoms in total. The number of aryl methyl sites for hydroxylation is 1. The summed E-state index contributed by atoms with van der Waals surface area (Å²) in [4.78, 5) is 29.8. The molecule has 3 atom stereocenters. The second kappa shape index (κ2) is 12.9. The Balaban J connectivity index is 1.74. The number of carbonyl (C=O) groups excluding carboxylic acids is 2. The molecule has 3 N–H and O–H groups in total. The summed E-state index contributed by atoms with van der Waals surface area (Å²) in [7, 11) is 0. The highest BCUT2D eigenvalue weighted by Crippen LogP contribution is 2.33. The maximum absolute atomic E-state index is 13.7. The molecule has 0 bridgehead atoms. The number of rotatable bonds is 12. The molecule has 1 aliphatic rings. The Hall–Kier alpha value is -2.22. The second-order valence-corrected chi connectivity index (χ2v) is 9.59. The summed E-state index contributed by atoms with van der Waals surface area (Å²) in [6.45, 7) is 5.52. The van der Waals surface area contributed by atoms with E-state index in [9.17, 15) is 9.59 Å². The third-order valence-corrected chi connectivity index (χ3v) is 7.34. The number of nitrogens with two attached hydrogens (primary N) is 1. The van der Waals surface area contributed by atoms with Gasteiger partial charge in [-0.1, -0.05) is 36.8 Å².